The van der Waals surface area contributed by atoms with Gasteiger partial charge in [-0.1, -0.05) is 6.07 Å². The van der Waals surface area contributed by atoms with Gasteiger partial charge >= 0.3 is 0 Å². The van der Waals surface area contributed by atoms with Crippen molar-refractivity contribution < 1.29 is 4.79 Å². The van der Waals surface area contributed by atoms with Gasteiger partial charge in [0, 0.05) is 25.0 Å². The van der Waals surface area contributed by atoms with E-state index in [2.05, 4.69) is 20.2 Å². The van der Waals surface area contributed by atoms with Crippen molar-refractivity contribution in [1.29, 1.82) is 0 Å². The van der Waals surface area contributed by atoms with Gasteiger partial charge < -0.3 is 10.2 Å². The lowest BCUT2D eigenvalue weighted by molar-refractivity contribution is 0.0620. The SMILES string of the molecule is O=C(NC1CN2CCC1CC2)c1ncc(-c2ccccn2)s1. The summed E-state index contributed by atoms with van der Waals surface area (Å²) in [7, 11) is 0. The molecular formula is C16H18N4OS. The Balaban J connectivity index is 1.46. The summed E-state index contributed by atoms with van der Waals surface area (Å²) in [5.41, 5.74) is 0.863. The average Bonchev–Trinajstić information content (AvgIpc) is 3.07. The van der Waals surface area contributed by atoms with Crippen molar-refractivity contribution in [3.05, 3.63) is 35.6 Å². The fourth-order valence-electron chi connectivity index (χ4n) is 3.36. The van der Waals surface area contributed by atoms with E-state index in [0.29, 0.717) is 10.9 Å². The molecule has 2 aromatic rings. The number of thiazole rings is 1. The maximum absolute atomic E-state index is 12.4. The molecule has 5 rings (SSSR count). The molecule has 0 radical (unpaired) electrons. The van der Waals surface area contributed by atoms with Crippen molar-refractivity contribution in [2.45, 2.75) is 18.9 Å². The summed E-state index contributed by atoms with van der Waals surface area (Å²) < 4.78 is 0. The van der Waals surface area contributed by atoms with Gasteiger partial charge in [-0.15, -0.1) is 11.3 Å². The minimum atomic E-state index is -0.0501. The van der Waals surface area contributed by atoms with Crippen LogP contribution in [0.25, 0.3) is 10.6 Å². The first-order valence-electron chi connectivity index (χ1n) is 7.70. The first kappa shape index (κ1) is 13.8. The molecule has 0 saturated carbocycles. The minimum absolute atomic E-state index is 0.0501. The highest BCUT2D eigenvalue weighted by molar-refractivity contribution is 7.16. The number of pyridine rings is 1. The molecule has 3 aliphatic heterocycles. The molecular weight excluding hydrogens is 296 g/mol. The number of carbonyl (C=O) groups excluding carboxylic acids is 1. The van der Waals surface area contributed by atoms with Crippen LogP contribution in [-0.2, 0) is 0 Å². The lowest BCUT2D eigenvalue weighted by Crippen LogP contribution is -2.57. The van der Waals surface area contributed by atoms with Crippen LogP contribution in [0.5, 0.6) is 0 Å². The quantitative estimate of drug-likeness (QED) is 0.942. The van der Waals surface area contributed by atoms with Crippen LogP contribution in [0.1, 0.15) is 22.6 Å². The molecule has 2 aromatic heterocycles. The zero-order chi connectivity index (χ0) is 14.9. The molecule has 1 atom stereocenters. The number of nitrogens with zero attached hydrogens (tertiary/aromatic N) is 3. The van der Waals surface area contributed by atoms with Crippen molar-refractivity contribution in [3.63, 3.8) is 0 Å². The summed E-state index contributed by atoms with van der Waals surface area (Å²) in [6.45, 7) is 3.34. The normalized spacial score (nSPS) is 26.8. The fraction of sp³-hybridized carbons (Fsp3) is 0.438. The standard InChI is InChI=1S/C16H18N4OS/c21-15(19-13-10-20-7-4-11(13)5-8-20)16-18-9-14(22-16)12-3-1-2-6-17-12/h1-3,6,9,11,13H,4-5,7-8,10H2,(H,19,21). The predicted octanol–water partition coefficient (Wildman–Crippen LogP) is 2.03. The van der Waals surface area contributed by atoms with E-state index < -0.39 is 0 Å². The molecule has 0 aromatic carbocycles. The lowest BCUT2D eigenvalue weighted by Gasteiger charge is -2.44. The summed E-state index contributed by atoms with van der Waals surface area (Å²) >= 11 is 1.40. The number of fused-ring (bicyclic) bond motifs is 3. The minimum Gasteiger partial charge on any atom is -0.346 e. The van der Waals surface area contributed by atoms with Gasteiger partial charge in [-0.25, -0.2) is 4.98 Å². The van der Waals surface area contributed by atoms with E-state index in [4.69, 9.17) is 0 Å². The van der Waals surface area contributed by atoms with E-state index in [-0.39, 0.29) is 11.9 Å². The van der Waals surface area contributed by atoms with Crippen LogP contribution in [0.4, 0.5) is 0 Å². The van der Waals surface area contributed by atoms with Gasteiger partial charge in [0.2, 0.25) is 0 Å². The van der Waals surface area contributed by atoms with E-state index in [0.717, 1.165) is 17.1 Å². The van der Waals surface area contributed by atoms with E-state index in [1.807, 2.05) is 18.2 Å². The van der Waals surface area contributed by atoms with Crippen LogP contribution in [0.15, 0.2) is 30.6 Å². The van der Waals surface area contributed by atoms with Crippen LogP contribution in [0, 0.1) is 5.92 Å². The van der Waals surface area contributed by atoms with Crippen LogP contribution in [0.3, 0.4) is 0 Å². The van der Waals surface area contributed by atoms with Crippen LogP contribution >= 0.6 is 11.3 Å². The Morgan fingerprint density at radius 1 is 1.27 bits per heavy atom. The second-order valence-electron chi connectivity index (χ2n) is 5.96. The summed E-state index contributed by atoms with van der Waals surface area (Å²) in [4.78, 5) is 24.4. The number of rotatable bonds is 3. The van der Waals surface area contributed by atoms with Crippen LogP contribution in [-0.4, -0.2) is 46.5 Å². The molecule has 5 nitrogen and oxygen atoms in total. The molecule has 3 fully saturated rings. The fourth-order valence-corrected chi connectivity index (χ4v) is 4.16. The average molecular weight is 314 g/mol. The maximum Gasteiger partial charge on any atom is 0.280 e. The van der Waals surface area contributed by atoms with Gasteiger partial charge in [0.15, 0.2) is 5.01 Å². The molecule has 1 unspecified atom stereocenters. The van der Waals surface area contributed by atoms with Gasteiger partial charge in [0.25, 0.3) is 5.91 Å². The van der Waals surface area contributed by atoms with Gasteiger partial charge in [0.05, 0.1) is 10.6 Å². The molecule has 22 heavy (non-hydrogen) atoms. The highest BCUT2D eigenvalue weighted by Crippen LogP contribution is 2.28. The second kappa shape index (κ2) is 5.78. The number of carbonyl (C=O) groups is 1. The van der Waals surface area contributed by atoms with E-state index in [1.54, 1.807) is 12.4 Å². The van der Waals surface area contributed by atoms with E-state index in [1.165, 1.54) is 37.3 Å². The maximum atomic E-state index is 12.4. The number of amides is 1. The molecule has 1 N–H and O–H groups in total. The topological polar surface area (TPSA) is 58.1 Å². The van der Waals surface area contributed by atoms with Crippen molar-refractivity contribution in [3.8, 4) is 10.6 Å². The molecule has 5 heterocycles. The Bertz CT molecular complexity index is 664. The smallest absolute Gasteiger partial charge is 0.280 e. The van der Waals surface area contributed by atoms with Gasteiger partial charge in [-0.05, 0) is 44.0 Å². The molecule has 114 valence electrons. The summed E-state index contributed by atoms with van der Waals surface area (Å²) in [5, 5.41) is 3.70. The molecule has 0 aliphatic carbocycles. The Kier molecular flexibility index (Phi) is 3.63. The Labute approximate surface area is 133 Å². The predicted molar refractivity (Wildman–Crippen MR) is 85.8 cm³/mol. The number of nitrogens with one attached hydrogen (secondary N) is 1. The highest BCUT2D eigenvalue weighted by atomic mass is 32.1. The molecule has 2 bridgehead atoms. The molecule has 0 spiro atoms. The molecule has 1 amide bonds. The number of hydrogen-bond donors (Lipinski definition) is 1. The van der Waals surface area contributed by atoms with Crippen molar-refractivity contribution in [1.82, 2.24) is 20.2 Å². The van der Waals surface area contributed by atoms with Crippen molar-refractivity contribution in [2.75, 3.05) is 19.6 Å². The Morgan fingerprint density at radius 3 is 2.82 bits per heavy atom. The zero-order valence-corrected chi connectivity index (χ0v) is 13.1. The second-order valence-corrected chi connectivity index (χ2v) is 6.99. The largest absolute Gasteiger partial charge is 0.346 e. The van der Waals surface area contributed by atoms with Crippen LogP contribution in [0.2, 0.25) is 0 Å². The molecule has 6 heteroatoms. The summed E-state index contributed by atoms with van der Waals surface area (Å²) in [6, 6.07) is 6.03. The van der Waals surface area contributed by atoms with E-state index in [9.17, 15) is 4.79 Å². The van der Waals surface area contributed by atoms with E-state index >= 15 is 0 Å². The Morgan fingerprint density at radius 2 is 2.14 bits per heavy atom. The number of aromatic nitrogens is 2. The van der Waals surface area contributed by atoms with Crippen molar-refractivity contribution >= 4 is 17.2 Å². The first-order chi connectivity index (χ1) is 10.8. The molecule has 3 saturated heterocycles. The zero-order valence-electron chi connectivity index (χ0n) is 12.2. The summed E-state index contributed by atoms with van der Waals surface area (Å²) in [6.07, 6.45) is 5.88. The van der Waals surface area contributed by atoms with Crippen LogP contribution < -0.4 is 5.32 Å². The Hall–Kier alpha value is -1.79. The third-order valence-electron chi connectivity index (χ3n) is 4.59. The third kappa shape index (κ3) is 2.64. The third-order valence-corrected chi connectivity index (χ3v) is 5.61. The first-order valence-corrected chi connectivity index (χ1v) is 8.52. The van der Waals surface area contributed by atoms with Gasteiger partial charge in [-0.3, -0.25) is 9.78 Å². The molecule has 3 aliphatic rings. The van der Waals surface area contributed by atoms with Crippen molar-refractivity contribution in [2.24, 2.45) is 5.92 Å². The van der Waals surface area contributed by atoms with Gasteiger partial charge in [0.1, 0.15) is 0 Å². The lowest BCUT2D eigenvalue weighted by atomic mass is 9.84. The highest BCUT2D eigenvalue weighted by Gasteiger charge is 2.35. The summed E-state index contributed by atoms with van der Waals surface area (Å²) in [5.74, 6) is 0.579. The number of hydrogen-bond acceptors (Lipinski definition) is 5. The number of piperidine rings is 3. The van der Waals surface area contributed by atoms with Gasteiger partial charge in [-0.2, -0.15) is 0 Å². The monoisotopic (exact) mass is 314 g/mol.